The van der Waals surface area contributed by atoms with E-state index in [1.165, 1.54) is 12.1 Å². The Kier molecular flexibility index (Phi) is 3.50. The van der Waals surface area contributed by atoms with Crippen LogP contribution >= 0.6 is 0 Å². The number of nitrogens with two attached hydrogens (primary N) is 1. The van der Waals surface area contributed by atoms with Gasteiger partial charge in [-0.25, -0.2) is 4.39 Å². The number of nitrogens with zero attached hydrogens (tertiary/aromatic N) is 2. The minimum atomic E-state index is -0.562. The second-order valence-electron chi connectivity index (χ2n) is 4.18. The molecule has 0 aliphatic heterocycles. The van der Waals surface area contributed by atoms with E-state index in [-0.39, 0.29) is 5.69 Å². The van der Waals surface area contributed by atoms with Gasteiger partial charge in [0, 0.05) is 12.2 Å². The highest BCUT2D eigenvalue weighted by atomic mass is 19.1. The van der Waals surface area contributed by atoms with Gasteiger partial charge in [0.15, 0.2) is 0 Å². The molecular formula is C13H15FN4O. The summed E-state index contributed by atoms with van der Waals surface area (Å²) in [6.07, 6.45) is 0. The smallest absolute Gasteiger partial charge is 0.274 e. The Balaban J connectivity index is 2.25. The number of benzene rings is 1. The molecule has 2 aromatic rings. The van der Waals surface area contributed by atoms with Crippen LogP contribution in [0.25, 0.3) is 0 Å². The lowest BCUT2D eigenvalue weighted by Crippen LogP contribution is -2.18. The lowest BCUT2D eigenvalue weighted by molar-refractivity contribution is 0.101. The zero-order valence-electron chi connectivity index (χ0n) is 10.8. The summed E-state index contributed by atoms with van der Waals surface area (Å²) in [6.45, 7) is 4.25. The number of carbonyl (C=O) groups is 1. The van der Waals surface area contributed by atoms with Crippen molar-refractivity contribution < 1.29 is 9.18 Å². The van der Waals surface area contributed by atoms with Crippen molar-refractivity contribution in [2.45, 2.75) is 20.4 Å². The molecule has 0 unspecified atom stereocenters. The zero-order chi connectivity index (χ0) is 14.0. The van der Waals surface area contributed by atoms with Gasteiger partial charge < -0.3 is 11.1 Å². The summed E-state index contributed by atoms with van der Waals surface area (Å²) < 4.78 is 15.2. The van der Waals surface area contributed by atoms with E-state index in [0.717, 1.165) is 11.8 Å². The second kappa shape index (κ2) is 5.09. The van der Waals surface area contributed by atoms with E-state index in [1.807, 2.05) is 6.92 Å². The highest BCUT2D eigenvalue weighted by Crippen LogP contribution is 2.18. The van der Waals surface area contributed by atoms with Crippen LogP contribution in [0.15, 0.2) is 24.3 Å². The average Bonchev–Trinajstić information content (AvgIpc) is 2.74. The fourth-order valence-electron chi connectivity index (χ4n) is 1.79. The first-order valence-corrected chi connectivity index (χ1v) is 5.92. The van der Waals surface area contributed by atoms with Gasteiger partial charge >= 0.3 is 0 Å². The van der Waals surface area contributed by atoms with Crippen LogP contribution in [0.1, 0.15) is 23.1 Å². The zero-order valence-corrected chi connectivity index (χ0v) is 10.8. The van der Waals surface area contributed by atoms with Crippen LogP contribution in [0.5, 0.6) is 0 Å². The van der Waals surface area contributed by atoms with E-state index in [1.54, 1.807) is 17.7 Å². The first-order valence-electron chi connectivity index (χ1n) is 5.92. The fourth-order valence-corrected chi connectivity index (χ4v) is 1.79. The molecule has 100 valence electrons. The number of carbonyl (C=O) groups excluding carboxylic acids is 1. The normalized spacial score (nSPS) is 10.5. The fraction of sp³-hybridized carbons (Fsp3) is 0.231. The first-order chi connectivity index (χ1) is 9.01. The molecule has 0 bridgehead atoms. The van der Waals surface area contributed by atoms with Gasteiger partial charge in [-0.1, -0.05) is 0 Å². The number of rotatable bonds is 3. The van der Waals surface area contributed by atoms with Crippen molar-refractivity contribution in [2.24, 2.45) is 0 Å². The molecule has 0 spiro atoms. The molecule has 19 heavy (non-hydrogen) atoms. The molecule has 0 saturated carbocycles. The van der Waals surface area contributed by atoms with Crippen LogP contribution in [-0.4, -0.2) is 15.7 Å². The topological polar surface area (TPSA) is 72.9 Å². The Morgan fingerprint density at radius 2 is 2.21 bits per heavy atom. The summed E-state index contributed by atoms with van der Waals surface area (Å²) in [5.74, 6) is -0.959. The maximum atomic E-state index is 13.6. The second-order valence-corrected chi connectivity index (χ2v) is 4.18. The molecule has 6 heteroatoms. The molecule has 0 atom stereocenters. The van der Waals surface area contributed by atoms with Crippen LogP contribution in [0.4, 0.5) is 15.8 Å². The van der Waals surface area contributed by atoms with E-state index in [9.17, 15) is 9.18 Å². The molecule has 0 aliphatic carbocycles. The summed E-state index contributed by atoms with van der Waals surface area (Å²) >= 11 is 0. The molecule has 3 N–H and O–H groups in total. The van der Waals surface area contributed by atoms with Gasteiger partial charge in [-0.15, -0.1) is 0 Å². The summed E-state index contributed by atoms with van der Waals surface area (Å²) in [4.78, 5) is 12.1. The Labute approximate surface area is 110 Å². The molecule has 2 rings (SSSR count). The van der Waals surface area contributed by atoms with Gasteiger partial charge in [-0.05, 0) is 38.1 Å². The van der Waals surface area contributed by atoms with Gasteiger partial charge in [0.25, 0.3) is 5.91 Å². The summed E-state index contributed by atoms with van der Waals surface area (Å²) in [6, 6.07) is 5.79. The molecule has 0 saturated heterocycles. The van der Waals surface area contributed by atoms with Crippen LogP contribution in [-0.2, 0) is 6.54 Å². The van der Waals surface area contributed by atoms with E-state index < -0.39 is 11.7 Å². The van der Waals surface area contributed by atoms with E-state index in [4.69, 9.17) is 5.73 Å². The van der Waals surface area contributed by atoms with Crippen molar-refractivity contribution in [2.75, 3.05) is 11.1 Å². The largest absolute Gasteiger partial charge is 0.399 e. The van der Waals surface area contributed by atoms with E-state index in [2.05, 4.69) is 10.4 Å². The van der Waals surface area contributed by atoms with Crippen molar-refractivity contribution in [3.63, 3.8) is 0 Å². The molecule has 0 aliphatic rings. The molecule has 1 heterocycles. The third kappa shape index (κ3) is 2.73. The number of hydrogen-bond acceptors (Lipinski definition) is 3. The van der Waals surface area contributed by atoms with E-state index >= 15 is 0 Å². The van der Waals surface area contributed by atoms with Crippen molar-refractivity contribution in [3.8, 4) is 0 Å². The number of aryl methyl sites for hydroxylation is 2. The molecule has 5 nitrogen and oxygen atoms in total. The van der Waals surface area contributed by atoms with Crippen LogP contribution in [0.2, 0.25) is 0 Å². The van der Waals surface area contributed by atoms with Crippen LogP contribution in [0.3, 0.4) is 0 Å². The Morgan fingerprint density at radius 1 is 1.47 bits per heavy atom. The van der Waals surface area contributed by atoms with Crippen molar-refractivity contribution in [1.82, 2.24) is 9.78 Å². The Hall–Kier alpha value is -2.37. The molecule has 1 aromatic heterocycles. The minimum Gasteiger partial charge on any atom is -0.399 e. The molecule has 0 fully saturated rings. The summed E-state index contributed by atoms with van der Waals surface area (Å²) in [7, 11) is 0. The molecule has 1 aromatic carbocycles. The third-order valence-electron chi connectivity index (χ3n) is 2.68. The quantitative estimate of drug-likeness (QED) is 0.833. The van der Waals surface area contributed by atoms with Crippen molar-refractivity contribution >= 4 is 17.3 Å². The Bertz CT molecular complexity index is 621. The SMILES string of the molecule is CCn1nc(C)cc1C(=O)Nc1ccc(N)cc1F. The predicted octanol–water partition coefficient (Wildman–Crippen LogP) is 2.19. The maximum absolute atomic E-state index is 13.6. The number of hydrogen-bond donors (Lipinski definition) is 2. The number of amides is 1. The molecule has 1 amide bonds. The number of aromatic nitrogens is 2. The van der Waals surface area contributed by atoms with Gasteiger partial charge in [-0.2, -0.15) is 5.10 Å². The van der Waals surface area contributed by atoms with Crippen molar-refractivity contribution in [1.29, 1.82) is 0 Å². The average molecular weight is 262 g/mol. The summed E-state index contributed by atoms with van der Waals surface area (Å²) in [5, 5.41) is 6.68. The summed E-state index contributed by atoms with van der Waals surface area (Å²) in [5.41, 5.74) is 7.00. The number of nitrogen functional groups attached to an aromatic ring is 1. The monoisotopic (exact) mass is 262 g/mol. The maximum Gasteiger partial charge on any atom is 0.274 e. The highest BCUT2D eigenvalue weighted by Gasteiger charge is 2.14. The number of halogens is 1. The standard InChI is InChI=1S/C13H15FN4O/c1-3-18-12(6-8(2)17-18)13(19)16-11-5-4-9(15)7-10(11)14/h4-7H,3,15H2,1-2H3,(H,16,19). The lowest BCUT2D eigenvalue weighted by atomic mass is 10.2. The van der Waals surface area contributed by atoms with Crippen molar-refractivity contribution in [3.05, 3.63) is 41.5 Å². The van der Waals surface area contributed by atoms with Gasteiger partial charge in [0.05, 0.1) is 11.4 Å². The van der Waals surface area contributed by atoms with Crippen LogP contribution in [0, 0.1) is 12.7 Å². The van der Waals surface area contributed by atoms with Crippen LogP contribution < -0.4 is 11.1 Å². The van der Waals surface area contributed by atoms with E-state index in [0.29, 0.717) is 17.9 Å². The van der Waals surface area contributed by atoms with Gasteiger partial charge in [0.2, 0.25) is 0 Å². The predicted molar refractivity (Wildman–Crippen MR) is 71.4 cm³/mol. The minimum absolute atomic E-state index is 0.0979. The first kappa shape index (κ1) is 13.1. The number of anilines is 2. The Morgan fingerprint density at radius 3 is 2.84 bits per heavy atom. The van der Waals surface area contributed by atoms with Gasteiger partial charge in [0.1, 0.15) is 11.5 Å². The molecular weight excluding hydrogens is 247 g/mol. The third-order valence-corrected chi connectivity index (χ3v) is 2.68. The number of nitrogens with one attached hydrogen (secondary N) is 1. The highest BCUT2D eigenvalue weighted by molar-refractivity contribution is 6.03. The lowest BCUT2D eigenvalue weighted by Gasteiger charge is -2.08. The molecule has 0 radical (unpaired) electrons. The van der Waals surface area contributed by atoms with Gasteiger partial charge in [-0.3, -0.25) is 9.48 Å².